The average molecular weight is 338 g/mol. The van der Waals surface area contributed by atoms with E-state index in [-0.39, 0.29) is 11.9 Å². The molecular weight excluding hydrogens is 310 g/mol. The SMILES string of the molecule is CCC[C@@H](C)NC(=O)CN1CCN(c2cc(Cl)ccc2C)CC1. The molecule has 1 fully saturated rings. The van der Waals surface area contributed by atoms with E-state index in [9.17, 15) is 4.79 Å². The van der Waals surface area contributed by atoms with Crippen molar-refractivity contribution in [1.82, 2.24) is 10.2 Å². The number of rotatable bonds is 6. The van der Waals surface area contributed by atoms with Crippen molar-refractivity contribution in [3.05, 3.63) is 28.8 Å². The fourth-order valence-electron chi connectivity index (χ4n) is 3.10. The summed E-state index contributed by atoms with van der Waals surface area (Å²) in [6.07, 6.45) is 2.13. The number of carbonyl (C=O) groups excluding carboxylic acids is 1. The Kier molecular flexibility index (Phi) is 6.72. The Morgan fingerprint density at radius 1 is 1.30 bits per heavy atom. The van der Waals surface area contributed by atoms with E-state index in [0.717, 1.165) is 44.0 Å². The van der Waals surface area contributed by atoms with Crippen molar-refractivity contribution in [1.29, 1.82) is 0 Å². The van der Waals surface area contributed by atoms with E-state index in [0.29, 0.717) is 6.54 Å². The highest BCUT2D eigenvalue weighted by atomic mass is 35.5. The maximum atomic E-state index is 12.1. The molecular formula is C18H28ClN3O. The molecule has 1 aromatic rings. The highest BCUT2D eigenvalue weighted by Crippen LogP contribution is 2.25. The molecule has 1 amide bonds. The van der Waals surface area contributed by atoms with Crippen molar-refractivity contribution in [3.63, 3.8) is 0 Å². The number of amides is 1. The first-order chi connectivity index (χ1) is 11.0. The summed E-state index contributed by atoms with van der Waals surface area (Å²) in [6, 6.07) is 6.29. The van der Waals surface area contributed by atoms with Gasteiger partial charge in [-0.25, -0.2) is 0 Å². The van der Waals surface area contributed by atoms with Gasteiger partial charge >= 0.3 is 0 Å². The van der Waals surface area contributed by atoms with E-state index in [1.807, 2.05) is 12.1 Å². The molecule has 2 rings (SSSR count). The van der Waals surface area contributed by atoms with Crippen LogP contribution >= 0.6 is 11.6 Å². The van der Waals surface area contributed by atoms with Gasteiger partial charge in [-0.15, -0.1) is 0 Å². The van der Waals surface area contributed by atoms with Crippen LogP contribution in [0.3, 0.4) is 0 Å². The fourth-order valence-corrected chi connectivity index (χ4v) is 3.27. The Morgan fingerprint density at radius 2 is 2.00 bits per heavy atom. The lowest BCUT2D eigenvalue weighted by molar-refractivity contribution is -0.122. The lowest BCUT2D eigenvalue weighted by atomic mass is 10.1. The Balaban J connectivity index is 1.82. The van der Waals surface area contributed by atoms with Crippen LogP contribution in [0.1, 0.15) is 32.3 Å². The Hall–Kier alpha value is -1.26. The summed E-state index contributed by atoms with van der Waals surface area (Å²) in [6.45, 7) is 10.5. The molecule has 0 bridgehead atoms. The zero-order valence-corrected chi connectivity index (χ0v) is 15.2. The highest BCUT2D eigenvalue weighted by Gasteiger charge is 2.20. The number of benzene rings is 1. The first-order valence-corrected chi connectivity index (χ1v) is 8.90. The molecule has 1 aliphatic heterocycles. The minimum Gasteiger partial charge on any atom is -0.369 e. The monoisotopic (exact) mass is 337 g/mol. The minimum atomic E-state index is 0.137. The van der Waals surface area contributed by atoms with Gasteiger partial charge in [-0.2, -0.15) is 0 Å². The van der Waals surface area contributed by atoms with E-state index >= 15 is 0 Å². The molecule has 0 aromatic heterocycles. The Morgan fingerprint density at radius 3 is 2.65 bits per heavy atom. The molecule has 1 saturated heterocycles. The van der Waals surface area contributed by atoms with Crippen LogP contribution in [0.2, 0.25) is 5.02 Å². The first kappa shape index (κ1) is 18.1. The normalized spacial score (nSPS) is 17.1. The zero-order chi connectivity index (χ0) is 16.8. The number of piperazine rings is 1. The molecule has 0 unspecified atom stereocenters. The number of carbonyl (C=O) groups is 1. The van der Waals surface area contributed by atoms with Gasteiger partial charge < -0.3 is 10.2 Å². The molecule has 1 heterocycles. The third-order valence-corrected chi connectivity index (χ3v) is 4.62. The van der Waals surface area contributed by atoms with Gasteiger partial charge in [-0.05, 0) is 38.0 Å². The summed E-state index contributed by atoms with van der Waals surface area (Å²) in [5.41, 5.74) is 2.45. The van der Waals surface area contributed by atoms with Crippen LogP contribution < -0.4 is 10.2 Å². The number of halogens is 1. The van der Waals surface area contributed by atoms with Gasteiger partial charge in [-0.1, -0.05) is 31.0 Å². The van der Waals surface area contributed by atoms with E-state index in [1.54, 1.807) is 0 Å². The number of nitrogens with zero attached hydrogens (tertiary/aromatic N) is 2. The summed E-state index contributed by atoms with van der Waals surface area (Å²) in [4.78, 5) is 16.6. The number of aryl methyl sites for hydroxylation is 1. The Labute approximate surface area is 144 Å². The smallest absolute Gasteiger partial charge is 0.234 e. The maximum absolute atomic E-state index is 12.1. The van der Waals surface area contributed by atoms with Crippen LogP contribution in [0, 0.1) is 6.92 Å². The van der Waals surface area contributed by atoms with Crippen LogP contribution in [0.5, 0.6) is 0 Å². The van der Waals surface area contributed by atoms with Crippen LogP contribution in [0.4, 0.5) is 5.69 Å². The second-order valence-electron chi connectivity index (χ2n) is 6.45. The third-order valence-electron chi connectivity index (χ3n) is 4.38. The quantitative estimate of drug-likeness (QED) is 0.866. The fraction of sp³-hybridized carbons (Fsp3) is 0.611. The molecule has 1 N–H and O–H groups in total. The summed E-state index contributed by atoms with van der Waals surface area (Å²) < 4.78 is 0. The molecule has 1 aliphatic rings. The molecule has 1 atom stereocenters. The van der Waals surface area contributed by atoms with E-state index in [1.165, 1.54) is 11.3 Å². The van der Waals surface area contributed by atoms with Crippen LogP contribution in [0.25, 0.3) is 0 Å². The molecule has 5 heteroatoms. The van der Waals surface area contributed by atoms with Crippen molar-refractivity contribution < 1.29 is 4.79 Å². The predicted octanol–water partition coefficient (Wildman–Crippen LogP) is 3.08. The molecule has 0 saturated carbocycles. The Bertz CT molecular complexity index is 527. The van der Waals surface area contributed by atoms with Crippen LogP contribution in [-0.2, 0) is 4.79 Å². The van der Waals surface area contributed by atoms with E-state index in [4.69, 9.17) is 11.6 Å². The molecule has 1 aromatic carbocycles. The van der Waals surface area contributed by atoms with E-state index < -0.39 is 0 Å². The number of hydrogen-bond donors (Lipinski definition) is 1. The van der Waals surface area contributed by atoms with Crippen molar-refractivity contribution >= 4 is 23.2 Å². The van der Waals surface area contributed by atoms with Gasteiger partial charge in [0.05, 0.1) is 6.54 Å². The lowest BCUT2D eigenvalue weighted by Gasteiger charge is -2.36. The number of anilines is 1. The second kappa shape index (κ2) is 8.55. The third kappa shape index (κ3) is 5.40. The minimum absolute atomic E-state index is 0.137. The summed E-state index contributed by atoms with van der Waals surface area (Å²) in [7, 11) is 0. The van der Waals surface area contributed by atoms with Gasteiger partial charge in [0.1, 0.15) is 0 Å². The van der Waals surface area contributed by atoms with Gasteiger partial charge in [0, 0.05) is 42.9 Å². The largest absolute Gasteiger partial charge is 0.369 e. The molecule has 0 aliphatic carbocycles. The van der Waals surface area contributed by atoms with E-state index in [2.05, 4.69) is 42.0 Å². The standard InChI is InChI=1S/C18H28ClN3O/c1-4-5-15(3)20-18(23)13-21-8-10-22(11-9-21)17-12-16(19)7-6-14(17)2/h6-7,12,15H,4-5,8-11,13H2,1-3H3,(H,20,23)/t15-/m1/s1. The van der Waals surface area contributed by atoms with Crippen molar-refractivity contribution in [3.8, 4) is 0 Å². The highest BCUT2D eigenvalue weighted by molar-refractivity contribution is 6.30. The van der Waals surface area contributed by atoms with Crippen molar-refractivity contribution in [2.24, 2.45) is 0 Å². The predicted molar refractivity (Wildman–Crippen MR) is 97.4 cm³/mol. The zero-order valence-electron chi connectivity index (χ0n) is 14.4. The van der Waals surface area contributed by atoms with Gasteiger partial charge in [0.25, 0.3) is 0 Å². The molecule has 23 heavy (non-hydrogen) atoms. The molecule has 128 valence electrons. The number of nitrogens with one attached hydrogen (secondary N) is 1. The topological polar surface area (TPSA) is 35.6 Å². The summed E-state index contributed by atoms with van der Waals surface area (Å²) in [5, 5.41) is 3.85. The maximum Gasteiger partial charge on any atom is 0.234 e. The first-order valence-electron chi connectivity index (χ1n) is 8.52. The molecule has 0 radical (unpaired) electrons. The number of hydrogen-bond acceptors (Lipinski definition) is 3. The van der Waals surface area contributed by atoms with Gasteiger partial charge in [0.15, 0.2) is 0 Å². The van der Waals surface area contributed by atoms with Gasteiger partial charge in [0.2, 0.25) is 5.91 Å². The lowest BCUT2D eigenvalue weighted by Crippen LogP contribution is -2.50. The van der Waals surface area contributed by atoms with Crippen molar-refractivity contribution in [2.45, 2.75) is 39.7 Å². The van der Waals surface area contributed by atoms with Crippen LogP contribution in [-0.4, -0.2) is 49.6 Å². The van der Waals surface area contributed by atoms with Crippen molar-refractivity contribution in [2.75, 3.05) is 37.6 Å². The molecule has 4 nitrogen and oxygen atoms in total. The molecule has 0 spiro atoms. The second-order valence-corrected chi connectivity index (χ2v) is 6.89. The van der Waals surface area contributed by atoms with Gasteiger partial charge in [-0.3, -0.25) is 9.69 Å². The summed E-state index contributed by atoms with van der Waals surface area (Å²) >= 11 is 6.12. The van der Waals surface area contributed by atoms with Crippen LogP contribution in [0.15, 0.2) is 18.2 Å². The average Bonchev–Trinajstić information content (AvgIpc) is 2.50. The summed E-state index contributed by atoms with van der Waals surface area (Å²) in [5.74, 6) is 0.137.